The fraction of sp³-hybridized carbons (Fsp3) is 0.273. The Morgan fingerprint density at radius 1 is 1.56 bits per heavy atom. The van der Waals surface area contributed by atoms with Crippen LogP contribution in [0.5, 0.6) is 0 Å². The third kappa shape index (κ3) is 2.33. The highest BCUT2D eigenvalue weighted by Crippen LogP contribution is 2.19. The predicted molar refractivity (Wildman–Crippen MR) is 60.0 cm³/mol. The van der Waals surface area contributed by atoms with Crippen LogP contribution in [0.2, 0.25) is 5.02 Å². The van der Waals surface area contributed by atoms with Gasteiger partial charge in [0.1, 0.15) is 6.10 Å². The van der Waals surface area contributed by atoms with E-state index >= 15 is 0 Å². The van der Waals surface area contributed by atoms with Crippen LogP contribution in [-0.4, -0.2) is 29.6 Å². The molecule has 2 rings (SSSR count). The number of carbonyl (C=O) groups is 1. The molecule has 0 fully saturated rings. The first-order valence-electron chi connectivity index (χ1n) is 4.84. The SMILES string of the molecule is O=C(O)C1=NCC(Cc2ccccc2Cl)O1. The molecule has 1 aromatic rings. The van der Waals surface area contributed by atoms with Gasteiger partial charge in [-0.2, -0.15) is 0 Å². The lowest BCUT2D eigenvalue weighted by Gasteiger charge is -2.10. The summed E-state index contributed by atoms with van der Waals surface area (Å²) in [5, 5.41) is 9.33. The summed E-state index contributed by atoms with van der Waals surface area (Å²) < 4.78 is 5.17. The minimum Gasteiger partial charge on any atom is -0.474 e. The molecule has 0 aliphatic carbocycles. The number of carboxylic acids is 1. The molecule has 84 valence electrons. The van der Waals surface area contributed by atoms with E-state index in [0.29, 0.717) is 18.0 Å². The molecule has 0 saturated carbocycles. The molecule has 1 aliphatic heterocycles. The molecule has 16 heavy (non-hydrogen) atoms. The number of carboxylic acid groups (broad SMARTS) is 1. The Kier molecular flexibility index (Phi) is 3.10. The first-order chi connectivity index (χ1) is 7.66. The summed E-state index contributed by atoms with van der Waals surface area (Å²) in [5.41, 5.74) is 0.941. The van der Waals surface area contributed by atoms with E-state index in [0.717, 1.165) is 5.56 Å². The van der Waals surface area contributed by atoms with Gasteiger partial charge in [0.2, 0.25) is 0 Å². The third-order valence-electron chi connectivity index (χ3n) is 2.31. The second-order valence-corrected chi connectivity index (χ2v) is 3.89. The molecule has 0 aromatic heterocycles. The minimum atomic E-state index is -1.12. The maximum Gasteiger partial charge on any atom is 0.391 e. The van der Waals surface area contributed by atoms with Crippen molar-refractivity contribution < 1.29 is 14.6 Å². The van der Waals surface area contributed by atoms with Crippen LogP contribution in [0.1, 0.15) is 5.56 Å². The molecule has 1 N–H and O–H groups in total. The molecule has 0 bridgehead atoms. The Bertz CT molecular complexity index is 445. The molecular formula is C11H10ClNO3. The van der Waals surface area contributed by atoms with Crippen LogP contribution in [0.3, 0.4) is 0 Å². The summed E-state index contributed by atoms with van der Waals surface area (Å²) in [6, 6.07) is 7.42. The number of aliphatic carboxylic acids is 1. The monoisotopic (exact) mass is 239 g/mol. The Morgan fingerprint density at radius 2 is 2.31 bits per heavy atom. The van der Waals surface area contributed by atoms with Crippen molar-refractivity contribution >= 4 is 23.5 Å². The van der Waals surface area contributed by atoms with E-state index in [2.05, 4.69) is 4.99 Å². The summed E-state index contributed by atoms with van der Waals surface area (Å²) in [6.07, 6.45) is 0.339. The number of aliphatic imine (C=N–C) groups is 1. The van der Waals surface area contributed by atoms with E-state index in [1.807, 2.05) is 18.2 Å². The van der Waals surface area contributed by atoms with Gasteiger partial charge in [-0.25, -0.2) is 9.79 Å². The molecule has 0 radical (unpaired) electrons. The van der Waals surface area contributed by atoms with Gasteiger partial charge in [-0.1, -0.05) is 29.8 Å². The first kappa shape index (κ1) is 11.0. The zero-order chi connectivity index (χ0) is 11.5. The lowest BCUT2D eigenvalue weighted by atomic mass is 10.1. The van der Waals surface area contributed by atoms with Crippen molar-refractivity contribution in [2.75, 3.05) is 6.54 Å². The van der Waals surface area contributed by atoms with Gasteiger partial charge in [0, 0.05) is 11.4 Å². The maximum atomic E-state index is 10.6. The van der Waals surface area contributed by atoms with Crippen LogP contribution in [0.4, 0.5) is 0 Å². The fourth-order valence-corrected chi connectivity index (χ4v) is 1.76. The topological polar surface area (TPSA) is 58.9 Å². The van der Waals surface area contributed by atoms with E-state index < -0.39 is 5.97 Å². The number of nitrogens with zero attached hydrogens (tertiary/aromatic N) is 1. The van der Waals surface area contributed by atoms with Gasteiger partial charge in [-0.15, -0.1) is 0 Å². The highest BCUT2D eigenvalue weighted by molar-refractivity contribution is 6.32. The van der Waals surface area contributed by atoms with Crippen LogP contribution < -0.4 is 0 Å². The van der Waals surface area contributed by atoms with Gasteiger partial charge in [0.25, 0.3) is 5.90 Å². The molecule has 5 heteroatoms. The van der Waals surface area contributed by atoms with Crippen LogP contribution >= 0.6 is 11.6 Å². The van der Waals surface area contributed by atoms with Gasteiger partial charge >= 0.3 is 5.97 Å². The van der Waals surface area contributed by atoms with Crippen LogP contribution in [0.15, 0.2) is 29.3 Å². The van der Waals surface area contributed by atoms with Gasteiger partial charge in [-0.05, 0) is 11.6 Å². The summed E-state index contributed by atoms with van der Waals surface area (Å²) in [5.74, 6) is -1.33. The molecule has 0 spiro atoms. The smallest absolute Gasteiger partial charge is 0.391 e. The molecule has 1 heterocycles. The molecule has 1 aliphatic rings. The molecule has 0 amide bonds. The number of benzene rings is 1. The molecule has 1 atom stereocenters. The zero-order valence-electron chi connectivity index (χ0n) is 8.39. The summed E-state index contributed by atoms with van der Waals surface area (Å²) in [7, 11) is 0. The molecule has 4 nitrogen and oxygen atoms in total. The number of hydrogen-bond acceptors (Lipinski definition) is 3. The van der Waals surface area contributed by atoms with Crippen molar-refractivity contribution in [3.63, 3.8) is 0 Å². The predicted octanol–water partition coefficient (Wildman–Crippen LogP) is 1.76. The second kappa shape index (κ2) is 4.53. The van der Waals surface area contributed by atoms with Crippen LogP contribution in [0, 0.1) is 0 Å². The van der Waals surface area contributed by atoms with E-state index in [9.17, 15) is 4.79 Å². The zero-order valence-corrected chi connectivity index (χ0v) is 9.15. The minimum absolute atomic E-state index is 0.211. The maximum absolute atomic E-state index is 10.6. The van der Waals surface area contributed by atoms with Crippen LogP contribution in [-0.2, 0) is 16.0 Å². The average Bonchev–Trinajstić information content (AvgIpc) is 2.70. The van der Waals surface area contributed by atoms with E-state index in [1.54, 1.807) is 6.07 Å². The van der Waals surface area contributed by atoms with Crippen molar-refractivity contribution in [3.8, 4) is 0 Å². The van der Waals surface area contributed by atoms with Gasteiger partial charge in [0.05, 0.1) is 6.54 Å². The van der Waals surface area contributed by atoms with Crippen molar-refractivity contribution in [1.82, 2.24) is 0 Å². The lowest BCUT2D eigenvalue weighted by molar-refractivity contribution is -0.131. The highest BCUT2D eigenvalue weighted by atomic mass is 35.5. The second-order valence-electron chi connectivity index (χ2n) is 3.49. The Hall–Kier alpha value is -1.55. The quantitative estimate of drug-likeness (QED) is 0.875. The number of rotatable bonds is 3. The fourth-order valence-electron chi connectivity index (χ4n) is 1.55. The van der Waals surface area contributed by atoms with E-state index in [-0.39, 0.29) is 12.0 Å². The molecular weight excluding hydrogens is 230 g/mol. The van der Waals surface area contributed by atoms with Crippen LogP contribution in [0.25, 0.3) is 0 Å². The van der Waals surface area contributed by atoms with Gasteiger partial charge in [0.15, 0.2) is 0 Å². The summed E-state index contributed by atoms with van der Waals surface area (Å²) in [6.45, 7) is 0.368. The number of halogens is 1. The number of ether oxygens (including phenoxy) is 1. The largest absolute Gasteiger partial charge is 0.474 e. The lowest BCUT2D eigenvalue weighted by Crippen LogP contribution is -2.20. The molecule has 1 unspecified atom stereocenters. The van der Waals surface area contributed by atoms with Crippen molar-refractivity contribution in [2.45, 2.75) is 12.5 Å². The Morgan fingerprint density at radius 3 is 2.94 bits per heavy atom. The van der Waals surface area contributed by atoms with Crippen molar-refractivity contribution in [3.05, 3.63) is 34.9 Å². The number of hydrogen-bond donors (Lipinski definition) is 1. The third-order valence-corrected chi connectivity index (χ3v) is 2.67. The average molecular weight is 240 g/mol. The highest BCUT2D eigenvalue weighted by Gasteiger charge is 2.25. The molecule has 1 aromatic carbocycles. The van der Waals surface area contributed by atoms with Gasteiger partial charge < -0.3 is 9.84 Å². The van der Waals surface area contributed by atoms with Gasteiger partial charge in [-0.3, -0.25) is 0 Å². The molecule has 0 saturated heterocycles. The van der Waals surface area contributed by atoms with Crippen molar-refractivity contribution in [2.24, 2.45) is 4.99 Å². The van der Waals surface area contributed by atoms with E-state index in [4.69, 9.17) is 21.4 Å². The first-order valence-corrected chi connectivity index (χ1v) is 5.22. The summed E-state index contributed by atoms with van der Waals surface area (Å²) in [4.78, 5) is 14.4. The standard InChI is InChI=1S/C11H10ClNO3/c12-9-4-2-1-3-7(9)5-8-6-13-10(16-8)11(14)15/h1-4,8H,5-6H2,(H,14,15). The normalized spacial score (nSPS) is 19.1. The Labute approximate surface area is 97.5 Å². The summed E-state index contributed by atoms with van der Waals surface area (Å²) >= 11 is 5.99. The van der Waals surface area contributed by atoms with Crippen molar-refractivity contribution in [1.29, 1.82) is 0 Å². The van der Waals surface area contributed by atoms with E-state index in [1.165, 1.54) is 0 Å². The Balaban J connectivity index is 1.99.